The summed E-state index contributed by atoms with van der Waals surface area (Å²) < 4.78 is 11.3. The van der Waals surface area contributed by atoms with E-state index in [0.29, 0.717) is 35.4 Å². The third-order valence-corrected chi connectivity index (χ3v) is 6.44. The number of carbonyl (C=O) groups excluding carboxylic acids is 2. The van der Waals surface area contributed by atoms with E-state index in [4.69, 9.17) is 21.4 Å². The molecule has 4 rings (SSSR count). The Balaban J connectivity index is 1.40. The maximum Gasteiger partial charge on any atom is 0.256 e. The molecular formula is C28H31N3O4S. The number of hydrogen-bond acceptors (Lipinski definition) is 5. The van der Waals surface area contributed by atoms with Gasteiger partial charge in [-0.3, -0.25) is 14.5 Å². The lowest BCUT2D eigenvalue weighted by molar-refractivity contribution is -0.124. The van der Waals surface area contributed by atoms with E-state index in [0.717, 1.165) is 18.6 Å². The molecule has 1 atom stereocenters. The van der Waals surface area contributed by atoms with Gasteiger partial charge in [-0.1, -0.05) is 44.4 Å². The molecule has 3 aromatic rings. The molecule has 188 valence electrons. The number of benzene rings is 2. The predicted octanol–water partition coefficient (Wildman–Crippen LogP) is 5.77. The molecular weight excluding hydrogens is 474 g/mol. The van der Waals surface area contributed by atoms with Gasteiger partial charge in [0, 0.05) is 5.69 Å². The Labute approximate surface area is 217 Å². The van der Waals surface area contributed by atoms with Gasteiger partial charge in [-0.25, -0.2) is 0 Å². The van der Waals surface area contributed by atoms with Crippen LogP contribution in [0.15, 0.2) is 77.4 Å². The summed E-state index contributed by atoms with van der Waals surface area (Å²) in [7, 11) is 0. The Bertz CT molecular complexity index is 1150. The van der Waals surface area contributed by atoms with Crippen molar-refractivity contribution in [2.24, 2.45) is 0 Å². The summed E-state index contributed by atoms with van der Waals surface area (Å²) in [6.45, 7) is 3.16. The summed E-state index contributed by atoms with van der Waals surface area (Å²) in [5.41, 5.74) is 1.31. The van der Waals surface area contributed by atoms with Crippen LogP contribution in [0.5, 0.6) is 5.75 Å². The number of para-hydroxylation sites is 1. The second-order valence-corrected chi connectivity index (χ2v) is 9.07. The van der Waals surface area contributed by atoms with Crippen LogP contribution in [0.4, 0.5) is 11.4 Å². The van der Waals surface area contributed by atoms with Crippen molar-refractivity contribution >= 4 is 40.5 Å². The number of ether oxygens (including phenoxy) is 1. The molecule has 2 heterocycles. The first-order chi connectivity index (χ1) is 17.6. The van der Waals surface area contributed by atoms with Crippen molar-refractivity contribution < 1.29 is 18.7 Å². The summed E-state index contributed by atoms with van der Waals surface area (Å²) in [5, 5.41) is 3.24. The highest BCUT2D eigenvalue weighted by Crippen LogP contribution is 2.29. The minimum atomic E-state index is -0.742. The molecule has 0 bridgehead atoms. The topological polar surface area (TPSA) is 75.0 Å². The van der Waals surface area contributed by atoms with E-state index in [1.54, 1.807) is 29.4 Å². The smallest absolute Gasteiger partial charge is 0.256 e. The fraction of sp³-hybridized carbons (Fsp3) is 0.321. The monoisotopic (exact) mass is 505 g/mol. The van der Waals surface area contributed by atoms with Gasteiger partial charge in [0.1, 0.15) is 17.6 Å². The Morgan fingerprint density at radius 3 is 2.50 bits per heavy atom. The third-order valence-electron chi connectivity index (χ3n) is 6.02. The fourth-order valence-corrected chi connectivity index (χ4v) is 4.53. The van der Waals surface area contributed by atoms with E-state index in [1.165, 1.54) is 17.7 Å². The molecule has 1 unspecified atom stereocenters. The summed E-state index contributed by atoms with van der Waals surface area (Å²) >= 11 is 5.67. The number of furan rings is 1. The Morgan fingerprint density at radius 1 is 1.03 bits per heavy atom. The van der Waals surface area contributed by atoms with Crippen LogP contribution < -0.4 is 15.0 Å². The van der Waals surface area contributed by atoms with Crippen LogP contribution >= 0.6 is 12.2 Å². The van der Waals surface area contributed by atoms with Crippen LogP contribution in [-0.4, -0.2) is 34.5 Å². The number of nitrogens with one attached hydrogen (secondary N) is 1. The molecule has 1 aromatic heterocycles. The highest BCUT2D eigenvalue weighted by molar-refractivity contribution is 7.80. The first-order valence-corrected chi connectivity index (χ1v) is 12.7. The van der Waals surface area contributed by atoms with Crippen molar-refractivity contribution in [3.8, 4) is 5.75 Å². The van der Waals surface area contributed by atoms with Crippen LogP contribution in [0, 0.1) is 0 Å². The minimum absolute atomic E-state index is 0.0430. The fourth-order valence-electron chi connectivity index (χ4n) is 4.14. The maximum absolute atomic E-state index is 13.4. The molecule has 0 radical (unpaired) electrons. The average Bonchev–Trinajstić information content (AvgIpc) is 3.48. The van der Waals surface area contributed by atoms with E-state index in [9.17, 15) is 9.59 Å². The zero-order valence-corrected chi connectivity index (χ0v) is 21.2. The predicted molar refractivity (Wildman–Crippen MR) is 144 cm³/mol. The number of thiocarbonyl (C=S) groups is 1. The second kappa shape index (κ2) is 12.4. The lowest BCUT2D eigenvalue weighted by Crippen LogP contribution is -2.37. The largest absolute Gasteiger partial charge is 0.494 e. The van der Waals surface area contributed by atoms with Crippen molar-refractivity contribution in [2.75, 3.05) is 16.8 Å². The van der Waals surface area contributed by atoms with Crippen molar-refractivity contribution in [1.82, 2.24) is 4.90 Å². The van der Waals surface area contributed by atoms with Crippen LogP contribution in [0.1, 0.15) is 44.8 Å². The number of carbonyl (C=O) groups is 2. The van der Waals surface area contributed by atoms with Gasteiger partial charge < -0.3 is 19.4 Å². The molecule has 0 saturated carbocycles. The molecule has 8 heteroatoms. The van der Waals surface area contributed by atoms with Crippen molar-refractivity contribution in [3.05, 3.63) is 78.8 Å². The Morgan fingerprint density at radius 2 is 1.81 bits per heavy atom. The van der Waals surface area contributed by atoms with Gasteiger partial charge in [0.25, 0.3) is 5.91 Å². The number of hydrogen-bond donors (Lipinski definition) is 1. The molecule has 1 aliphatic rings. The van der Waals surface area contributed by atoms with Crippen LogP contribution in [0.2, 0.25) is 0 Å². The first-order valence-electron chi connectivity index (χ1n) is 12.3. The quantitative estimate of drug-likeness (QED) is 0.249. The number of anilines is 2. The molecule has 1 N–H and O–H groups in total. The van der Waals surface area contributed by atoms with Gasteiger partial charge in [-0.2, -0.15) is 0 Å². The third kappa shape index (κ3) is 6.31. The Hall–Kier alpha value is -3.65. The molecule has 2 amide bonds. The number of amides is 2. The van der Waals surface area contributed by atoms with Crippen LogP contribution in [0.3, 0.4) is 0 Å². The highest BCUT2D eigenvalue weighted by atomic mass is 32.1. The Kier molecular flexibility index (Phi) is 8.73. The lowest BCUT2D eigenvalue weighted by atomic mass is 10.1. The SMILES string of the molecule is CCCCCCOc1ccc(NC(=O)CC2C(=O)N(c3ccccc3)C(=S)N2Cc2ccco2)cc1. The zero-order valence-electron chi connectivity index (χ0n) is 20.4. The minimum Gasteiger partial charge on any atom is -0.494 e. The van der Waals surface area contributed by atoms with E-state index >= 15 is 0 Å². The van der Waals surface area contributed by atoms with E-state index in [1.807, 2.05) is 48.5 Å². The molecule has 1 aliphatic heterocycles. The normalized spacial score (nSPS) is 15.4. The summed E-state index contributed by atoms with van der Waals surface area (Å²) in [4.78, 5) is 29.6. The van der Waals surface area contributed by atoms with E-state index in [-0.39, 0.29) is 18.2 Å². The molecule has 1 fully saturated rings. The molecule has 1 saturated heterocycles. The van der Waals surface area contributed by atoms with Gasteiger partial charge in [0.15, 0.2) is 5.11 Å². The molecule has 7 nitrogen and oxygen atoms in total. The molecule has 0 aliphatic carbocycles. The van der Waals surface area contributed by atoms with E-state index in [2.05, 4.69) is 12.2 Å². The van der Waals surface area contributed by atoms with Crippen molar-refractivity contribution in [3.63, 3.8) is 0 Å². The standard InChI is InChI=1S/C28H31N3O4S/c1-2-3-4-8-17-34-23-15-13-21(14-16-23)29-26(32)19-25-27(33)31(22-10-6-5-7-11-22)28(36)30(25)20-24-12-9-18-35-24/h5-7,9-16,18,25H,2-4,8,17,19-20H2,1H3,(H,29,32). The summed E-state index contributed by atoms with van der Waals surface area (Å²) in [6.07, 6.45) is 6.12. The van der Waals surface area contributed by atoms with E-state index < -0.39 is 6.04 Å². The van der Waals surface area contributed by atoms with Gasteiger partial charge >= 0.3 is 0 Å². The van der Waals surface area contributed by atoms with Crippen molar-refractivity contribution in [1.29, 1.82) is 0 Å². The van der Waals surface area contributed by atoms with Gasteiger partial charge in [-0.05, 0) is 67.2 Å². The number of rotatable bonds is 12. The van der Waals surface area contributed by atoms with Crippen LogP contribution in [-0.2, 0) is 16.1 Å². The van der Waals surface area contributed by atoms with Crippen LogP contribution in [0.25, 0.3) is 0 Å². The summed E-state index contributed by atoms with van der Waals surface area (Å²) in [5.74, 6) is 0.920. The van der Waals surface area contributed by atoms with Gasteiger partial charge in [-0.15, -0.1) is 0 Å². The van der Waals surface area contributed by atoms with Crippen molar-refractivity contribution in [2.45, 2.75) is 51.6 Å². The average molecular weight is 506 g/mol. The summed E-state index contributed by atoms with van der Waals surface area (Å²) in [6, 6.07) is 19.4. The first kappa shape index (κ1) is 25.4. The molecule has 2 aromatic carbocycles. The zero-order chi connectivity index (χ0) is 25.3. The molecule has 0 spiro atoms. The number of nitrogens with zero attached hydrogens (tertiary/aromatic N) is 2. The maximum atomic E-state index is 13.4. The molecule has 36 heavy (non-hydrogen) atoms. The number of unbranched alkanes of at least 4 members (excludes halogenated alkanes) is 3. The second-order valence-electron chi connectivity index (χ2n) is 8.70. The van der Waals surface area contributed by atoms with Gasteiger partial charge in [0.05, 0.1) is 31.5 Å². The lowest BCUT2D eigenvalue weighted by Gasteiger charge is -2.22. The van der Waals surface area contributed by atoms with Gasteiger partial charge in [0.2, 0.25) is 5.91 Å². The highest BCUT2D eigenvalue weighted by Gasteiger charge is 2.44.